The van der Waals surface area contributed by atoms with Gasteiger partial charge in [-0.15, -0.1) is 0 Å². The van der Waals surface area contributed by atoms with Crippen LogP contribution in [0.3, 0.4) is 0 Å². The van der Waals surface area contributed by atoms with Crippen molar-refractivity contribution in [1.29, 1.82) is 0 Å². The maximum Gasteiger partial charge on any atom is 0.339 e. The number of benzene rings is 2. The van der Waals surface area contributed by atoms with E-state index in [4.69, 9.17) is 4.74 Å². The van der Waals surface area contributed by atoms with Crippen LogP contribution in [0.5, 0.6) is 0 Å². The van der Waals surface area contributed by atoms with Crippen molar-refractivity contribution in [3.05, 3.63) is 66.4 Å². The van der Waals surface area contributed by atoms with Gasteiger partial charge in [-0.3, -0.25) is 9.78 Å². The number of pyridine rings is 1. The Morgan fingerprint density at radius 3 is 2.69 bits per heavy atom. The molecule has 1 aromatic heterocycles. The van der Waals surface area contributed by atoms with Gasteiger partial charge < -0.3 is 10.1 Å². The number of sulfonamides is 1. The zero-order valence-electron chi connectivity index (χ0n) is 17.5. The Morgan fingerprint density at radius 2 is 1.88 bits per heavy atom. The van der Waals surface area contributed by atoms with E-state index in [1.54, 1.807) is 48.7 Å². The van der Waals surface area contributed by atoms with Gasteiger partial charge in [0.15, 0.2) is 0 Å². The van der Waals surface area contributed by atoms with Gasteiger partial charge in [-0.1, -0.05) is 30.3 Å². The molecule has 2 aromatic carbocycles. The second-order valence-corrected chi connectivity index (χ2v) is 9.47. The second kappa shape index (κ2) is 9.05. The molecule has 2 heterocycles. The van der Waals surface area contributed by atoms with Crippen LogP contribution in [-0.4, -0.2) is 49.8 Å². The number of amides is 1. The number of hydrogen-bond donors (Lipinski definition) is 1. The van der Waals surface area contributed by atoms with E-state index in [1.165, 1.54) is 11.4 Å². The Balaban J connectivity index is 1.56. The molecule has 1 aliphatic heterocycles. The molecule has 4 rings (SSSR count). The number of methoxy groups -OCH3 is 1. The van der Waals surface area contributed by atoms with E-state index < -0.39 is 21.9 Å². The first kappa shape index (κ1) is 21.9. The smallest absolute Gasteiger partial charge is 0.339 e. The van der Waals surface area contributed by atoms with Crippen molar-refractivity contribution in [3.63, 3.8) is 0 Å². The number of nitrogens with zero attached hydrogens (tertiary/aromatic N) is 2. The summed E-state index contributed by atoms with van der Waals surface area (Å²) in [6, 6.07) is 15.2. The fourth-order valence-electron chi connectivity index (χ4n) is 3.91. The molecule has 1 aliphatic rings. The third-order valence-corrected chi connectivity index (χ3v) is 7.46. The van der Waals surface area contributed by atoms with Gasteiger partial charge in [0.2, 0.25) is 15.9 Å². The number of esters is 1. The minimum absolute atomic E-state index is 0.0534. The fraction of sp³-hybridized carbons (Fsp3) is 0.261. The number of nitrogens with one attached hydrogen (secondary N) is 1. The number of aromatic nitrogens is 1. The summed E-state index contributed by atoms with van der Waals surface area (Å²) in [4.78, 5) is 29.3. The molecular formula is C23H23N3O5S. The highest BCUT2D eigenvalue weighted by atomic mass is 32.2. The standard InChI is InChI=1S/C23H23N3O5S/c1-31-23(28)18-10-2-3-11-19(18)25-22(27)17-9-6-14-26(15-17)32(29,30)20-12-4-7-16-8-5-13-24-21(16)20/h2-5,7-8,10-13,17H,6,9,14-15H2,1H3,(H,25,27). The third kappa shape index (κ3) is 4.21. The average Bonchev–Trinajstić information content (AvgIpc) is 2.83. The van der Waals surface area contributed by atoms with Gasteiger partial charge in [0.25, 0.3) is 0 Å². The minimum Gasteiger partial charge on any atom is -0.465 e. The van der Waals surface area contributed by atoms with Gasteiger partial charge in [-0.25, -0.2) is 13.2 Å². The van der Waals surface area contributed by atoms with Crippen LogP contribution in [-0.2, 0) is 19.6 Å². The number of piperidine rings is 1. The van der Waals surface area contributed by atoms with Crippen LogP contribution in [0.2, 0.25) is 0 Å². The SMILES string of the molecule is COC(=O)c1ccccc1NC(=O)C1CCCN(S(=O)(=O)c2cccc3cccnc23)C1. The van der Waals surface area contributed by atoms with Crippen LogP contribution >= 0.6 is 0 Å². The topological polar surface area (TPSA) is 106 Å². The number of para-hydroxylation sites is 2. The van der Waals surface area contributed by atoms with E-state index in [0.717, 1.165) is 5.39 Å². The van der Waals surface area contributed by atoms with E-state index in [2.05, 4.69) is 10.3 Å². The van der Waals surface area contributed by atoms with Crippen LogP contribution in [0.25, 0.3) is 10.9 Å². The van der Waals surface area contributed by atoms with Crippen LogP contribution in [0.4, 0.5) is 5.69 Å². The van der Waals surface area contributed by atoms with Gasteiger partial charge in [0.1, 0.15) is 4.90 Å². The quantitative estimate of drug-likeness (QED) is 0.595. The molecule has 1 saturated heterocycles. The molecule has 8 nitrogen and oxygen atoms in total. The molecule has 0 radical (unpaired) electrons. The highest BCUT2D eigenvalue weighted by Crippen LogP contribution is 2.28. The van der Waals surface area contributed by atoms with Gasteiger partial charge >= 0.3 is 5.97 Å². The average molecular weight is 454 g/mol. The third-order valence-electron chi connectivity index (χ3n) is 5.56. The molecule has 1 atom stereocenters. The Bertz CT molecular complexity index is 1270. The zero-order valence-corrected chi connectivity index (χ0v) is 18.3. The number of rotatable bonds is 5. The maximum atomic E-state index is 13.4. The summed E-state index contributed by atoms with van der Waals surface area (Å²) in [5.41, 5.74) is 0.988. The lowest BCUT2D eigenvalue weighted by atomic mass is 9.98. The summed E-state index contributed by atoms with van der Waals surface area (Å²) in [7, 11) is -2.57. The summed E-state index contributed by atoms with van der Waals surface area (Å²) in [5, 5.41) is 3.50. The normalized spacial score (nSPS) is 17.1. The minimum atomic E-state index is -3.84. The van der Waals surface area contributed by atoms with Crippen molar-refractivity contribution >= 4 is 38.5 Å². The van der Waals surface area contributed by atoms with Crippen molar-refractivity contribution in [2.75, 3.05) is 25.5 Å². The molecule has 32 heavy (non-hydrogen) atoms. The van der Waals surface area contributed by atoms with Crippen molar-refractivity contribution in [2.45, 2.75) is 17.7 Å². The summed E-state index contributed by atoms with van der Waals surface area (Å²) in [5.74, 6) is -1.44. The van der Waals surface area contributed by atoms with Gasteiger partial charge in [-0.05, 0) is 37.1 Å². The molecule has 1 fully saturated rings. The van der Waals surface area contributed by atoms with E-state index in [-0.39, 0.29) is 22.9 Å². The molecule has 1 N–H and O–H groups in total. The van der Waals surface area contributed by atoms with Crippen LogP contribution in [0.1, 0.15) is 23.2 Å². The maximum absolute atomic E-state index is 13.4. The van der Waals surface area contributed by atoms with Crippen molar-refractivity contribution in [1.82, 2.24) is 9.29 Å². The lowest BCUT2D eigenvalue weighted by molar-refractivity contribution is -0.120. The molecule has 0 saturated carbocycles. The summed E-state index contributed by atoms with van der Waals surface area (Å²) >= 11 is 0. The highest BCUT2D eigenvalue weighted by molar-refractivity contribution is 7.89. The Morgan fingerprint density at radius 1 is 1.09 bits per heavy atom. The van der Waals surface area contributed by atoms with Crippen molar-refractivity contribution < 1.29 is 22.7 Å². The van der Waals surface area contributed by atoms with E-state index in [9.17, 15) is 18.0 Å². The zero-order chi connectivity index (χ0) is 22.7. The first-order valence-corrected chi connectivity index (χ1v) is 11.7. The molecule has 9 heteroatoms. The fourth-order valence-corrected chi connectivity index (χ4v) is 5.60. The summed E-state index contributed by atoms with van der Waals surface area (Å²) in [6.45, 7) is 0.381. The second-order valence-electron chi connectivity index (χ2n) is 7.56. The van der Waals surface area contributed by atoms with Gasteiger partial charge in [-0.2, -0.15) is 4.31 Å². The Hall–Kier alpha value is -3.30. The van der Waals surface area contributed by atoms with E-state index >= 15 is 0 Å². The molecule has 0 bridgehead atoms. The van der Waals surface area contributed by atoms with E-state index in [1.807, 2.05) is 12.1 Å². The first-order valence-electron chi connectivity index (χ1n) is 10.2. The number of ether oxygens (including phenoxy) is 1. The molecule has 0 aliphatic carbocycles. The van der Waals surface area contributed by atoms with Crippen molar-refractivity contribution in [3.8, 4) is 0 Å². The molecule has 166 valence electrons. The predicted octanol–water partition coefficient (Wildman–Crippen LogP) is 3.06. The summed E-state index contributed by atoms with van der Waals surface area (Å²) in [6.07, 6.45) is 2.66. The number of carbonyl (C=O) groups excluding carboxylic acids is 2. The van der Waals surface area contributed by atoms with Gasteiger partial charge in [0.05, 0.1) is 29.8 Å². The molecule has 1 amide bonds. The Labute approximate surface area is 186 Å². The first-order chi connectivity index (χ1) is 15.4. The predicted molar refractivity (Wildman–Crippen MR) is 120 cm³/mol. The number of hydrogen-bond acceptors (Lipinski definition) is 6. The van der Waals surface area contributed by atoms with Gasteiger partial charge in [0, 0.05) is 24.7 Å². The highest BCUT2D eigenvalue weighted by Gasteiger charge is 2.34. The number of carbonyl (C=O) groups is 2. The van der Waals surface area contributed by atoms with Crippen molar-refractivity contribution in [2.24, 2.45) is 5.92 Å². The number of fused-ring (bicyclic) bond motifs is 1. The number of anilines is 1. The molecule has 0 spiro atoms. The van der Waals surface area contributed by atoms with E-state index in [0.29, 0.717) is 30.6 Å². The van der Waals surface area contributed by atoms with Crippen LogP contribution in [0, 0.1) is 5.92 Å². The molecular weight excluding hydrogens is 430 g/mol. The van der Waals surface area contributed by atoms with Crippen LogP contribution in [0.15, 0.2) is 65.7 Å². The monoisotopic (exact) mass is 453 g/mol. The molecule has 1 unspecified atom stereocenters. The largest absolute Gasteiger partial charge is 0.465 e. The lowest BCUT2D eigenvalue weighted by Crippen LogP contribution is -2.43. The summed E-state index contributed by atoms with van der Waals surface area (Å²) < 4.78 is 32.9. The Kier molecular flexibility index (Phi) is 6.20. The molecule has 3 aromatic rings. The lowest BCUT2D eigenvalue weighted by Gasteiger charge is -2.31. The van der Waals surface area contributed by atoms with Crippen LogP contribution < -0.4 is 5.32 Å².